The Morgan fingerprint density at radius 3 is 1.81 bits per heavy atom. The first-order valence-corrected chi connectivity index (χ1v) is 17.4. The summed E-state index contributed by atoms with van der Waals surface area (Å²) in [7, 11) is -3.04. The molecule has 0 amide bonds. The molecule has 0 saturated heterocycles. The molecule has 0 unspecified atom stereocenters. The molecule has 9 rings (SSSR count). The second-order valence-electron chi connectivity index (χ2n) is 11.8. The van der Waals surface area contributed by atoms with Crippen molar-refractivity contribution in [3.8, 4) is 22.4 Å². The Bertz CT molecular complexity index is 2600. The van der Waals surface area contributed by atoms with Gasteiger partial charge in [-0.15, -0.1) is 0 Å². The van der Waals surface area contributed by atoms with Crippen LogP contribution in [0, 0.1) is 0 Å². The highest BCUT2D eigenvalue weighted by atomic mass is 31.2. The lowest BCUT2D eigenvalue weighted by Crippen LogP contribution is -2.24. The molecule has 0 aliphatic carbocycles. The molecule has 0 radical (unpaired) electrons. The van der Waals surface area contributed by atoms with Gasteiger partial charge in [0.25, 0.3) is 0 Å². The van der Waals surface area contributed by atoms with Crippen molar-refractivity contribution in [3.63, 3.8) is 0 Å². The van der Waals surface area contributed by atoms with Gasteiger partial charge in [-0.3, -0.25) is 4.40 Å². The monoisotopic (exact) mass is 621 g/mol. The normalized spacial score (nSPS) is 11.9. The Morgan fingerprint density at radius 1 is 0.468 bits per heavy atom. The minimum absolute atomic E-state index is 0.835. The van der Waals surface area contributed by atoms with Crippen LogP contribution in [0.5, 0.6) is 0 Å². The van der Waals surface area contributed by atoms with Crippen LogP contribution in [0.25, 0.3) is 60.7 Å². The van der Waals surface area contributed by atoms with Crippen LogP contribution in [0.15, 0.2) is 170 Å². The molecule has 0 aliphatic rings. The van der Waals surface area contributed by atoms with Crippen molar-refractivity contribution in [2.45, 2.75) is 0 Å². The summed E-state index contributed by atoms with van der Waals surface area (Å²) in [6.07, 6.45) is 2.02. The fraction of sp³-hybridized carbons (Fsp3) is 0. The van der Waals surface area contributed by atoms with Crippen LogP contribution in [0.4, 0.5) is 0 Å². The largest absolute Gasteiger partial charge is 0.309 e. The molecule has 3 heterocycles. The maximum absolute atomic E-state index is 14.9. The van der Waals surface area contributed by atoms with Gasteiger partial charge < -0.3 is 4.57 Å². The van der Waals surface area contributed by atoms with Gasteiger partial charge in [0.2, 0.25) is 0 Å². The zero-order valence-corrected chi connectivity index (χ0v) is 26.3. The summed E-state index contributed by atoms with van der Waals surface area (Å²) in [5.41, 5.74) is 6.91. The zero-order valence-electron chi connectivity index (χ0n) is 25.4. The van der Waals surface area contributed by atoms with E-state index < -0.39 is 7.14 Å². The Kier molecular flexibility index (Phi) is 6.38. The lowest BCUT2D eigenvalue weighted by Gasteiger charge is -2.20. The maximum Gasteiger partial charge on any atom is 0.171 e. The predicted molar refractivity (Wildman–Crippen MR) is 196 cm³/mol. The van der Waals surface area contributed by atoms with Gasteiger partial charge in [-0.05, 0) is 46.2 Å². The number of pyridine rings is 2. The van der Waals surface area contributed by atoms with Gasteiger partial charge in [-0.25, -0.2) is 9.97 Å². The summed E-state index contributed by atoms with van der Waals surface area (Å²) in [5.74, 6) is 0. The first kappa shape index (κ1) is 27.5. The molecular formula is C42H28N3OP. The van der Waals surface area contributed by atoms with Crippen molar-refractivity contribution in [1.29, 1.82) is 0 Å². The van der Waals surface area contributed by atoms with Crippen molar-refractivity contribution < 1.29 is 4.57 Å². The zero-order chi connectivity index (χ0) is 31.4. The van der Waals surface area contributed by atoms with Gasteiger partial charge >= 0.3 is 0 Å². The highest BCUT2D eigenvalue weighted by Gasteiger charge is 2.29. The second-order valence-corrected chi connectivity index (χ2v) is 14.6. The summed E-state index contributed by atoms with van der Waals surface area (Å²) >= 11 is 0. The van der Waals surface area contributed by atoms with Crippen molar-refractivity contribution in [1.82, 2.24) is 14.4 Å². The van der Waals surface area contributed by atoms with Crippen molar-refractivity contribution in [2.75, 3.05) is 0 Å². The minimum atomic E-state index is -3.04. The van der Waals surface area contributed by atoms with Crippen LogP contribution in [0.1, 0.15) is 0 Å². The van der Waals surface area contributed by atoms with Gasteiger partial charge in [-0.2, -0.15) is 0 Å². The summed E-state index contributed by atoms with van der Waals surface area (Å²) in [4.78, 5) is 10.0. The highest BCUT2D eigenvalue weighted by Crippen LogP contribution is 2.43. The van der Waals surface area contributed by atoms with Gasteiger partial charge in [-0.1, -0.05) is 140 Å². The standard InChI is InChI=1S/C42H28N3OP/c46-47(34-11-3-1-4-12-34,35-13-5-2-6-14-35)36-25-24-32-27-31(22-23-33(32)28-36)29-18-20-30(21-19-29)40-37-15-7-8-16-38(37)41-42(44-40)45-26-10-9-17-39(45)43-41/h1-28H. The van der Waals surface area contributed by atoms with Crippen LogP contribution < -0.4 is 15.9 Å². The molecule has 0 spiro atoms. The van der Waals surface area contributed by atoms with E-state index in [4.69, 9.17) is 9.97 Å². The number of nitrogens with zero attached hydrogens (tertiary/aromatic N) is 3. The summed E-state index contributed by atoms with van der Waals surface area (Å²) in [5, 5.41) is 6.86. The van der Waals surface area contributed by atoms with Crippen molar-refractivity contribution >= 4 is 61.4 Å². The lowest BCUT2D eigenvalue weighted by molar-refractivity contribution is 0.592. The summed E-state index contributed by atoms with van der Waals surface area (Å²) in [6, 6.07) is 55.4. The van der Waals surface area contributed by atoms with Gasteiger partial charge in [0, 0.05) is 38.4 Å². The van der Waals surface area contributed by atoms with Crippen LogP contribution in [0.3, 0.4) is 0 Å². The van der Waals surface area contributed by atoms with E-state index in [1.54, 1.807) is 0 Å². The van der Waals surface area contributed by atoms with E-state index in [2.05, 4.69) is 83.3 Å². The van der Waals surface area contributed by atoms with Gasteiger partial charge in [0.1, 0.15) is 11.2 Å². The summed E-state index contributed by atoms with van der Waals surface area (Å²) in [6.45, 7) is 0. The molecule has 0 bridgehead atoms. The fourth-order valence-electron chi connectivity index (χ4n) is 6.70. The lowest BCUT2D eigenvalue weighted by atomic mass is 9.98. The molecule has 0 fully saturated rings. The number of hydrogen-bond acceptors (Lipinski definition) is 3. The predicted octanol–water partition coefficient (Wildman–Crippen LogP) is 9.16. The fourth-order valence-corrected chi connectivity index (χ4v) is 9.39. The average Bonchev–Trinajstić information content (AvgIpc) is 3.53. The Morgan fingerprint density at radius 2 is 1.06 bits per heavy atom. The first-order chi connectivity index (χ1) is 23.2. The van der Waals surface area contributed by atoms with Crippen molar-refractivity contribution in [3.05, 3.63) is 170 Å². The number of aromatic nitrogens is 3. The summed E-state index contributed by atoms with van der Waals surface area (Å²) < 4.78 is 16.9. The molecule has 3 aromatic heterocycles. The SMILES string of the molecule is O=P(c1ccccc1)(c1ccccc1)c1ccc2cc(-c3ccc(-c4nc5c(nc6ccccn65)c5ccccc45)cc3)ccc2c1. The molecule has 0 aliphatic heterocycles. The molecule has 6 aromatic carbocycles. The molecule has 0 N–H and O–H groups in total. The molecular weight excluding hydrogens is 593 g/mol. The van der Waals surface area contributed by atoms with E-state index in [1.165, 1.54) is 0 Å². The second kappa shape index (κ2) is 10.9. The van der Waals surface area contributed by atoms with E-state index in [0.717, 1.165) is 76.7 Å². The van der Waals surface area contributed by atoms with E-state index in [9.17, 15) is 4.57 Å². The quantitative estimate of drug-likeness (QED) is 0.180. The minimum Gasteiger partial charge on any atom is -0.309 e. The van der Waals surface area contributed by atoms with E-state index in [-0.39, 0.29) is 0 Å². The molecule has 5 heteroatoms. The van der Waals surface area contributed by atoms with Crippen LogP contribution in [0.2, 0.25) is 0 Å². The van der Waals surface area contributed by atoms with Crippen LogP contribution >= 0.6 is 7.14 Å². The molecule has 222 valence electrons. The van der Waals surface area contributed by atoms with E-state index in [1.807, 2.05) is 91.1 Å². The third-order valence-electron chi connectivity index (χ3n) is 9.08. The maximum atomic E-state index is 14.9. The van der Waals surface area contributed by atoms with Crippen molar-refractivity contribution in [2.24, 2.45) is 0 Å². The third-order valence-corrected chi connectivity index (χ3v) is 12.1. The van der Waals surface area contributed by atoms with Gasteiger partial charge in [0.15, 0.2) is 12.8 Å². The number of rotatable bonds is 5. The first-order valence-electron chi connectivity index (χ1n) is 15.7. The Balaban J connectivity index is 1.10. The van der Waals surface area contributed by atoms with E-state index >= 15 is 0 Å². The number of hydrogen-bond donors (Lipinski definition) is 0. The Hall–Kier alpha value is -5.83. The number of benzene rings is 6. The topological polar surface area (TPSA) is 47.3 Å². The van der Waals surface area contributed by atoms with Gasteiger partial charge in [0.05, 0.1) is 5.69 Å². The van der Waals surface area contributed by atoms with Crippen LogP contribution in [-0.4, -0.2) is 14.4 Å². The smallest absolute Gasteiger partial charge is 0.171 e. The molecule has 4 nitrogen and oxygen atoms in total. The highest BCUT2D eigenvalue weighted by molar-refractivity contribution is 7.85. The Labute approximate surface area is 272 Å². The molecule has 9 aromatic rings. The molecule has 0 atom stereocenters. The molecule has 47 heavy (non-hydrogen) atoms. The van der Waals surface area contributed by atoms with Crippen LogP contribution in [-0.2, 0) is 4.57 Å². The molecule has 0 saturated carbocycles. The third kappa shape index (κ3) is 4.49. The number of imidazole rings is 1. The average molecular weight is 622 g/mol. The van der Waals surface area contributed by atoms with E-state index in [0.29, 0.717) is 0 Å². The number of fused-ring (bicyclic) bond motifs is 6.